The number of nitrogens with one attached hydrogen (secondary N) is 3. The van der Waals surface area contributed by atoms with Crippen molar-refractivity contribution in [1.82, 2.24) is 10.2 Å². The maximum absolute atomic E-state index is 13.0. The molecule has 1 aromatic heterocycles. The Kier molecular flexibility index (Phi) is 3.79. The molecule has 0 radical (unpaired) electrons. The molecule has 2 heterocycles. The molecule has 1 aliphatic carbocycles. The molecule has 1 aromatic carbocycles. The first-order valence-corrected chi connectivity index (χ1v) is 8.96. The van der Waals surface area contributed by atoms with E-state index in [1.165, 1.54) is 0 Å². The topological polar surface area (TPSA) is 87.0 Å². The second kappa shape index (κ2) is 5.90. The Morgan fingerprint density at radius 1 is 1.12 bits per heavy atom. The monoisotopic (exact) mass is 353 g/mol. The minimum atomic E-state index is -0.365. The van der Waals surface area contributed by atoms with Crippen molar-refractivity contribution in [2.24, 2.45) is 5.41 Å². The first-order chi connectivity index (χ1) is 12.4. The summed E-state index contributed by atoms with van der Waals surface area (Å²) in [6, 6.07) is 7.65. The number of carbonyl (C=O) groups is 1. The van der Waals surface area contributed by atoms with Gasteiger partial charge < -0.3 is 10.1 Å². The Balaban J connectivity index is 1.86. The number of hydrogen-bond acceptors (Lipinski definition) is 4. The highest BCUT2D eigenvalue weighted by Gasteiger charge is 2.42. The lowest BCUT2D eigenvalue weighted by Gasteiger charge is -2.37. The summed E-state index contributed by atoms with van der Waals surface area (Å²) in [7, 11) is 0. The molecule has 136 valence electrons. The fourth-order valence-corrected chi connectivity index (χ4v) is 4.07. The lowest BCUT2D eigenvalue weighted by molar-refractivity contribution is -0.118. The average Bonchev–Trinajstić information content (AvgIpc) is 2.94. The number of aromatic nitrogens is 2. The molecule has 4 rings (SSSR count). The Labute approximate surface area is 151 Å². The minimum absolute atomic E-state index is 0.0968. The smallest absolute Gasteiger partial charge is 0.270 e. The number of H-pyrrole nitrogens is 2. The van der Waals surface area contributed by atoms with Gasteiger partial charge in [0.2, 0.25) is 0 Å². The van der Waals surface area contributed by atoms with Crippen molar-refractivity contribution in [3.8, 4) is 5.75 Å². The third-order valence-electron chi connectivity index (χ3n) is 5.11. The van der Waals surface area contributed by atoms with E-state index >= 15 is 0 Å². The van der Waals surface area contributed by atoms with Crippen LogP contribution >= 0.6 is 0 Å². The number of benzene rings is 1. The van der Waals surface area contributed by atoms with Crippen LogP contribution in [0.3, 0.4) is 0 Å². The number of fused-ring (bicyclic) bond motifs is 1. The van der Waals surface area contributed by atoms with Crippen LogP contribution in [0, 0.1) is 5.41 Å². The average molecular weight is 353 g/mol. The molecular weight excluding hydrogens is 330 g/mol. The van der Waals surface area contributed by atoms with Crippen LogP contribution in [0.25, 0.3) is 0 Å². The quantitative estimate of drug-likeness (QED) is 0.790. The third-order valence-corrected chi connectivity index (χ3v) is 5.11. The van der Waals surface area contributed by atoms with E-state index in [1.807, 2.05) is 31.2 Å². The number of anilines is 1. The number of ketones is 1. The van der Waals surface area contributed by atoms with Crippen LogP contribution in [0.5, 0.6) is 5.75 Å². The van der Waals surface area contributed by atoms with Gasteiger partial charge in [0.1, 0.15) is 11.6 Å². The zero-order valence-corrected chi connectivity index (χ0v) is 15.2. The van der Waals surface area contributed by atoms with Gasteiger partial charge in [-0.1, -0.05) is 26.0 Å². The van der Waals surface area contributed by atoms with Crippen LogP contribution in [0.4, 0.5) is 5.82 Å². The summed E-state index contributed by atoms with van der Waals surface area (Å²) in [5.74, 6) is 1.17. The molecule has 26 heavy (non-hydrogen) atoms. The number of ether oxygens (including phenoxy) is 1. The standard InChI is InChI=1S/C20H23N3O3/c1-4-26-12-7-5-11(6-8-12)15-16-13(9-20(2,3)10-14(16)24)21-18-17(15)19(25)23-22-18/h5-8,15H,4,9-10H2,1-3H3,(H3,21,22,23,25)/t15-/m1/s1. The van der Waals surface area contributed by atoms with Crippen LogP contribution in [-0.4, -0.2) is 22.6 Å². The molecule has 0 saturated carbocycles. The molecule has 6 nitrogen and oxygen atoms in total. The second-order valence-corrected chi connectivity index (χ2v) is 7.76. The summed E-state index contributed by atoms with van der Waals surface area (Å²) in [6.45, 7) is 6.72. The Morgan fingerprint density at radius 2 is 1.85 bits per heavy atom. The van der Waals surface area contributed by atoms with E-state index in [0.717, 1.165) is 23.4 Å². The predicted molar refractivity (Wildman–Crippen MR) is 99.5 cm³/mol. The van der Waals surface area contributed by atoms with Gasteiger partial charge >= 0.3 is 0 Å². The molecular formula is C20H23N3O3. The molecule has 2 aromatic rings. The highest BCUT2D eigenvalue weighted by Crippen LogP contribution is 2.47. The maximum Gasteiger partial charge on any atom is 0.270 e. The van der Waals surface area contributed by atoms with Crippen molar-refractivity contribution in [3.63, 3.8) is 0 Å². The molecule has 1 aliphatic heterocycles. The molecule has 0 bridgehead atoms. The molecule has 0 saturated heterocycles. The van der Waals surface area contributed by atoms with E-state index in [4.69, 9.17) is 4.74 Å². The highest BCUT2D eigenvalue weighted by molar-refractivity contribution is 6.01. The van der Waals surface area contributed by atoms with Gasteiger partial charge in [-0.05, 0) is 36.5 Å². The third kappa shape index (κ3) is 2.66. The van der Waals surface area contributed by atoms with Gasteiger partial charge in [0.05, 0.1) is 12.2 Å². The number of rotatable bonds is 3. The first-order valence-electron chi connectivity index (χ1n) is 8.96. The maximum atomic E-state index is 13.0. The van der Waals surface area contributed by atoms with E-state index in [2.05, 4.69) is 29.4 Å². The summed E-state index contributed by atoms with van der Waals surface area (Å²) < 4.78 is 5.52. The van der Waals surface area contributed by atoms with Gasteiger partial charge in [-0.15, -0.1) is 0 Å². The van der Waals surface area contributed by atoms with Crippen LogP contribution in [-0.2, 0) is 4.79 Å². The Hall–Kier alpha value is -2.76. The largest absolute Gasteiger partial charge is 0.494 e. The van der Waals surface area contributed by atoms with Crippen molar-refractivity contribution in [1.29, 1.82) is 0 Å². The SMILES string of the molecule is CCOc1ccc([C@@H]2C3=C(CC(C)(C)CC3=O)Nc3[nH][nH]c(=O)c32)cc1. The van der Waals surface area contributed by atoms with Gasteiger partial charge in [0.15, 0.2) is 5.78 Å². The Bertz CT molecular complexity index is 947. The number of carbonyl (C=O) groups excluding carboxylic acids is 1. The summed E-state index contributed by atoms with van der Waals surface area (Å²) >= 11 is 0. The molecule has 0 unspecified atom stereocenters. The molecule has 0 spiro atoms. The summed E-state index contributed by atoms with van der Waals surface area (Å²) in [6.07, 6.45) is 1.26. The molecule has 2 aliphatic rings. The minimum Gasteiger partial charge on any atom is -0.494 e. The van der Waals surface area contributed by atoms with E-state index in [1.54, 1.807) is 0 Å². The Morgan fingerprint density at radius 3 is 2.54 bits per heavy atom. The number of allylic oxidation sites excluding steroid dienone is 2. The number of Topliss-reactive ketones (excluding diaryl/α,β-unsaturated/α-hetero) is 1. The lowest BCUT2D eigenvalue weighted by atomic mass is 9.69. The van der Waals surface area contributed by atoms with Crippen LogP contribution < -0.4 is 15.6 Å². The zero-order valence-electron chi connectivity index (χ0n) is 15.2. The normalized spacial score (nSPS) is 21.0. The lowest BCUT2D eigenvalue weighted by Crippen LogP contribution is -2.34. The number of aromatic amines is 2. The summed E-state index contributed by atoms with van der Waals surface area (Å²) in [4.78, 5) is 25.4. The van der Waals surface area contributed by atoms with Crippen molar-refractivity contribution < 1.29 is 9.53 Å². The van der Waals surface area contributed by atoms with Crippen molar-refractivity contribution in [2.45, 2.75) is 39.5 Å². The fraction of sp³-hybridized carbons (Fsp3) is 0.400. The van der Waals surface area contributed by atoms with Crippen molar-refractivity contribution >= 4 is 11.6 Å². The van der Waals surface area contributed by atoms with E-state index in [9.17, 15) is 9.59 Å². The summed E-state index contributed by atoms with van der Waals surface area (Å²) in [5, 5.41) is 8.85. The molecule has 0 amide bonds. The number of hydrogen-bond donors (Lipinski definition) is 3. The predicted octanol–water partition coefficient (Wildman–Crippen LogP) is 3.30. The van der Waals surface area contributed by atoms with E-state index < -0.39 is 0 Å². The first kappa shape index (κ1) is 16.7. The van der Waals surface area contributed by atoms with Crippen molar-refractivity contribution in [3.05, 3.63) is 57.0 Å². The molecule has 6 heteroatoms. The zero-order chi connectivity index (χ0) is 18.5. The molecule has 3 N–H and O–H groups in total. The highest BCUT2D eigenvalue weighted by atomic mass is 16.5. The van der Waals surface area contributed by atoms with Crippen LogP contribution in [0.15, 0.2) is 40.3 Å². The van der Waals surface area contributed by atoms with E-state index in [0.29, 0.717) is 30.0 Å². The fourth-order valence-electron chi connectivity index (χ4n) is 4.07. The van der Waals surface area contributed by atoms with Crippen LogP contribution in [0.2, 0.25) is 0 Å². The van der Waals surface area contributed by atoms with E-state index in [-0.39, 0.29) is 22.7 Å². The van der Waals surface area contributed by atoms with Crippen molar-refractivity contribution in [2.75, 3.05) is 11.9 Å². The molecule has 0 fully saturated rings. The van der Waals surface area contributed by atoms with Crippen LogP contribution in [0.1, 0.15) is 50.7 Å². The van der Waals surface area contributed by atoms with Gasteiger partial charge in [-0.25, -0.2) is 0 Å². The molecule has 1 atom stereocenters. The van der Waals surface area contributed by atoms with Gasteiger partial charge in [0.25, 0.3) is 5.56 Å². The second-order valence-electron chi connectivity index (χ2n) is 7.76. The van der Waals surface area contributed by atoms with Gasteiger partial charge in [-0.2, -0.15) is 0 Å². The van der Waals surface area contributed by atoms with Gasteiger partial charge in [0, 0.05) is 23.6 Å². The van der Waals surface area contributed by atoms with Gasteiger partial charge in [-0.3, -0.25) is 19.8 Å². The summed E-state index contributed by atoms with van der Waals surface area (Å²) in [5.41, 5.74) is 2.82.